The summed E-state index contributed by atoms with van der Waals surface area (Å²) in [5.74, 6) is -1.28. The van der Waals surface area contributed by atoms with E-state index in [4.69, 9.17) is 0 Å². The molecule has 1 amide bonds. The molecule has 0 atom stereocenters. The lowest BCUT2D eigenvalue weighted by atomic mass is 9.90. The van der Waals surface area contributed by atoms with Crippen LogP contribution in [0.15, 0.2) is 6.07 Å². The molecule has 2 N–H and O–H groups in total. The Hall–Kier alpha value is -2.51. The Balaban J connectivity index is 1.90. The number of rotatable bonds is 3. The molecule has 2 aromatic heterocycles. The standard InChI is InChI=1S/C16H21N5O3/c1-10-9-11(2)21-15(17-10)18-12(20-21)13(22)19-16(14(23)24)7-5-3-4-6-8-16/h9H,3-8H2,1-2H3,(H,19,22)(H,23,24). The van der Waals surface area contributed by atoms with Crippen LogP contribution in [-0.2, 0) is 4.79 Å². The van der Waals surface area contributed by atoms with Gasteiger partial charge in [0.1, 0.15) is 5.54 Å². The third-order valence-electron chi connectivity index (χ3n) is 4.54. The van der Waals surface area contributed by atoms with E-state index in [-0.39, 0.29) is 5.82 Å². The van der Waals surface area contributed by atoms with Crippen LogP contribution < -0.4 is 5.32 Å². The number of carboxylic acid groups (broad SMARTS) is 1. The van der Waals surface area contributed by atoms with E-state index in [1.165, 1.54) is 4.52 Å². The van der Waals surface area contributed by atoms with Crippen molar-refractivity contribution in [1.82, 2.24) is 24.9 Å². The summed E-state index contributed by atoms with van der Waals surface area (Å²) in [5.41, 5.74) is 0.361. The minimum atomic E-state index is -1.23. The predicted octanol–water partition coefficient (Wildman–Crippen LogP) is 1.65. The molecule has 3 rings (SSSR count). The van der Waals surface area contributed by atoms with Gasteiger partial charge in [0, 0.05) is 11.4 Å². The summed E-state index contributed by atoms with van der Waals surface area (Å²) in [6.45, 7) is 3.69. The fourth-order valence-corrected chi connectivity index (χ4v) is 3.26. The molecule has 8 nitrogen and oxygen atoms in total. The van der Waals surface area contributed by atoms with Crippen molar-refractivity contribution >= 4 is 17.7 Å². The number of carboxylic acids is 1. The third-order valence-corrected chi connectivity index (χ3v) is 4.54. The number of carbonyl (C=O) groups is 2. The lowest BCUT2D eigenvalue weighted by molar-refractivity contribution is -0.145. The van der Waals surface area contributed by atoms with Crippen molar-refractivity contribution in [2.75, 3.05) is 0 Å². The van der Waals surface area contributed by atoms with Crippen LogP contribution in [0.5, 0.6) is 0 Å². The van der Waals surface area contributed by atoms with Gasteiger partial charge in [-0.1, -0.05) is 25.7 Å². The minimum Gasteiger partial charge on any atom is -0.480 e. The van der Waals surface area contributed by atoms with Gasteiger partial charge in [-0.05, 0) is 32.8 Å². The number of aromatic nitrogens is 4. The van der Waals surface area contributed by atoms with E-state index in [0.717, 1.165) is 37.1 Å². The van der Waals surface area contributed by atoms with Crippen LogP contribution in [0.1, 0.15) is 60.5 Å². The van der Waals surface area contributed by atoms with Crippen molar-refractivity contribution in [2.45, 2.75) is 57.9 Å². The van der Waals surface area contributed by atoms with Gasteiger partial charge in [-0.25, -0.2) is 14.3 Å². The molecule has 2 heterocycles. The summed E-state index contributed by atoms with van der Waals surface area (Å²) < 4.78 is 1.49. The first kappa shape index (κ1) is 16.4. The SMILES string of the molecule is Cc1cc(C)n2nc(C(=O)NC3(C(=O)O)CCCCCC3)nc2n1. The highest BCUT2D eigenvalue weighted by Crippen LogP contribution is 2.27. The van der Waals surface area contributed by atoms with Gasteiger partial charge < -0.3 is 10.4 Å². The summed E-state index contributed by atoms with van der Waals surface area (Å²) in [6.07, 6.45) is 4.39. The van der Waals surface area contributed by atoms with Gasteiger partial charge in [-0.15, -0.1) is 5.10 Å². The molecule has 1 aliphatic rings. The largest absolute Gasteiger partial charge is 0.480 e. The van der Waals surface area contributed by atoms with E-state index in [9.17, 15) is 14.7 Å². The van der Waals surface area contributed by atoms with Crippen molar-refractivity contribution in [2.24, 2.45) is 0 Å². The monoisotopic (exact) mass is 331 g/mol. The summed E-state index contributed by atoms with van der Waals surface area (Å²) in [7, 11) is 0. The molecule has 0 spiro atoms. The van der Waals surface area contributed by atoms with Gasteiger partial charge in [0.2, 0.25) is 5.82 Å². The second-order valence-electron chi connectivity index (χ2n) is 6.44. The summed E-state index contributed by atoms with van der Waals surface area (Å²) in [6, 6.07) is 1.84. The second kappa shape index (κ2) is 6.18. The van der Waals surface area contributed by atoms with Gasteiger partial charge in [0.05, 0.1) is 0 Å². The average molecular weight is 331 g/mol. The van der Waals surface area contributed by atoms with Crippen molar-refractivity contribution in [3.05, 3.63) is 23.3 Å². The maximum absolute atomic E-state index is 12.6. The van der Waals surface area contributed by atoms with Gasteiger partial charge >= 0.3 is 5.97 Å². The Labute approximate surface area is 139 Å². The highest BCUT2D eigenvalue weighted by atomic mass is 16.4. The predicted molar refractivity (Wildman–Crippen MR) is 85.8 cm³/mol. The Morgan fingerprint density at radius 1 is 1.17 bits per heavy atom. The first-order valence-corrected chi connectivity index (χ1v) is 8.18. The van der Waals surface area contributed by atoms with E-state index in [0.29, 0.717) is 18.6 Å². The first-order chi connectivity index (χ1) is 11.4. The highest BCUT2D eigenvalue weighted by Gasteiger charge is 2.40. The fourth-order valence-electron chi connectivity index (χ4n) is 3.26. The Kier molecular flexibility index (Phi) is 4.21. The normalized spacial score (nSPS) is 17.4. The van der Waals surface area contributed by atoms with E-state index in [1.54, 1.807) is 0 Å². The number of nitrogens with zero attached hydrogens (tertiary/aromatic N) is 4. The maximum atomic E-state index is 12.6. The molecule has 0 saturated heterocycles. The van der Waals surface area contributed by atoms with Crippen molar-refractivity contribution < 1.29 is 14.7 Å². The third kappa shape index (κ3) is 2.95. The molecule has 24 heavy (non-hydrogen) atoms. The number of aliphatic carboxylic acids is 1. The Morgan fingerprint density at radius 2 is 1.83 bits per heavy atom. The molecule has 1 aliphatic carbocycles. The quantitative estimate of drug-likeness (QED) is 0.828. The topological polar surface area (TPSA) is 109 Å². The van der Waals surface area contributed by atoms with Crippen LogP contribution in [0.3, 0.4) is 0 Å². The Morgan fingerprint density at radius 3 is 2.46 bits per heavy atom. The zero-order valence-corrected chi connectivity index (χ0v) is 13.9. The van der Waals surface area contributed by atoms with Gasteiger partial charge in [-0.2, -0.15) is 4.98 Å². The number of hydrogen-bond donors (Lipinski definition) is 2. The minimum absolute atomic E-state index is 0.0546. The highest BCUT2D eigenvalue weighted by molar-refractivity contribution is 5.95. The number of amides is 1. The van der Waals surface area contributed by atoms with Crippen molar-refractivity contribution in [3.8, 4) is 0 Å². The average Bonchev–Trinajstić information content (AvgIpc) is 2.80. The smallest absolute Gasteiger partial charge is 0.329 e. The van der Waals surface area contributed by atoms with Crippen LogP contribution in [0, 0.1) is 13.8 Å². The van der Waals surface area contributed by atoms with Crippen LogP contribution >= 0.6 is 0 Å². The molecule has 1 saturated carbocycles. The fraction of sp³-hybridized carbons (Fsp3) is 0.562. The van der Waals surface area contributed by atoms with Gasteiger partial charge in [-0.3, -0.25) is 4.79 Å². The molecule has 0 aliphatic heterocycles. The molecule has 8 heteroatoms. The molecule has 0 bridgehead atoms. The number of aryl methyl sites for hydroxylation is 2. The summed E-state index contributed by atoms with van der Waals surface area (Å²) in [4.78, 5) is 32.8. The van der Waals surface area contributed by atoms with E-state index in [1.807, 2.05) is 19.9 Å². The van der Waals surface area contributed by atoms with Gasteiger partial charge in [0.15, 0.2) is 0 Å². The van der Waals surface area contributed by atoms with Crippen molar-refractivity contribution in [1.29, 1.82) is 0 Å². The van der Waals surface area contributed by atoms with E-state index >= 15 is 0 Å². The maximum Gasteiger partial charge on any atom is 0.329 e. The molecular formula is C16H21N5O3. The van der Waals surface area contributed by atoms with Crippen LogP contribution in [0.4, 0.5) is 0 Å². The number of carbonyl (C=O) groups excluding carboxylic acids is 1. The number of hydrogen-bond acceptors (Lipinski definition) is 5. The number of nitrogens with one attached hydrogen (secondary N) is 1. The first-order valence-electron chi connectivity index (χ1n) is 8.18. The molecule has 0 aromatic carbocycles. The van der Waals surface area contributed by atoms with E-state index < -0.39 is 17.4 Å². The summed E-state index contributed by atoms with van der Waals surface area (Å²) >= 11 is 0. The van der Waals surface area contributed by atoms with Crippen LogP contribution in [0.2, 0.25) is 0 Å². The number of fused-ring (bicyclic) bond motifs is 1. The lowest BCUT2D eigenvalue weighted by Crippen LogP contribution is -2.54. The van der Waals surface area contributed by atoms with E-state index in [2.05, 4.69) is 20.4 Å². The molecule has 0 radical (unpaired) electrons. The zero-order valence-electron chi connectivity index (χ0n) is 13.9. The summed E-state index contributed by atoms with van der Waals surface area (Å²) in [5, 5.41) is 16.5. The van der Waals surface area contributed by atoms with Crippen LogP contribution in [-0.4, -0.2) is 42.1 Å². The van der Waals surface area contributed by atoms with Gasteiger partial charge in [0.25, 0.3) is 11.7 Å². The molecule has 2 aromatic rings. The van der Waals surface area contributed by atoms with Crippen LogP contribution in [0.25, 0.3) is 5.78 Å². The van der Waals surface area contributed by atoms with Crippen molar-refractivity contribution in [3.63, 3.8) is 0 Å². The molecule has 1 fully saturated rings. The lowest BCUT2D eigenvalue weighted by Gasteiger charge is -2.28. The molecule has 0 unspecified atom stereocenters. The second-order valence-corrected chi connectivity index (χ2v) is 6.44. The molecule has 128 valence electrons. The molecular weight excluding hydrogens is 310 g/mol. The Bertz CT molecular complexity index is 790. The zero-order chi connectivity index (χ0) is 17.3.